The van der Waals surface area contributed by atoms with Crippen LogP contribution in [-0.4, -0.2) is 10.1 Å². The lowest BCUT2D eigenvalue weighted by molar-refractivity contribution is 0.281. The number of hydrogen-bond donors (Lipinski definition) is 2. The van der Waals surface area contributed by atoms with Crippen LogP contribution in [0.2, 0.25) is 0 Å². The van der Waals surface area contributed by atoms with E-state index in [9.17, 15) is 0 Å². The molecule has 0 unspecified atom stereocenters. The van der Waals surface area contributed by atoms with E-state index in [1.165, 1.54) is 0 Å². The number of aliphatic hydroxyl groups is 1. The zero-order chi connectivity index (χ0) is 7.56. The maximum atomic E-state index is 8.76. The Bertz CT molecular complexity index is 235. The summed E-state index contributed by atoms with van der Waals surface area (Å²) in [6.45, 7) is 1.87. The molecule has 10 heavy (non-hydrogen) atoms. The van der Waals surface area contributed by atoms with Gasteiger partial charge in [0.1, 0.15) is 5.82 Å². The van der Waals surface area contributed by atoms with E-state index < -0.39 is 0 Å². The van der Waals surface area contributed by atoms with Crippen molar-refractivity contribution in [2.45, 2.75) is 13.5 Å². The number of nitrogens with two attached hydrogens (primary N) is 1. The molecule has 0 spiro atoms. The Morgan fingerprint density at radius 2 is 2.40 bits per heavy atom. The Morgan fingerprint density at radius 1 is 1.70 bits per heavy atom. The van der Waals surface area contributed by atoms with Gasteiger partial charge in [0.15, 0.2) is 0 Å². The maximum absolute atomic E-state index is 8.76. The SMILES string of the molecule is Cc1c(CO)ccnc1N. The van der Waals surface area contributed by atoms with Gasteiger partial charge in [0, 0.05) is 6.20 Å². The van der Waals surface area contributed by atoms with E-state index in [1.807, 2.05) is 6.92 Å². The molecule has 0 aromatic carbocycles. The lowest BCUT2D eigenvalue weighted by atomic mass is 10.1. The molecule has 1 aromatic heterocycles. The van der Waals surface area contributed by atoms with Crippen molar-refractivity contribution in [1.29, 1.82) is 0 Å². The Kier molecular flexibility index (Phi) is 1.87. The molecular formula is C7H10N2O. The fourth-order valence-corrected chi connectivity index (χ4v) is 0.765. The van der Waals surface area contributed by atoms with Gasteiger partial charge < -0.3 is 10.8 Å². The van der Waals surface area contributed by atoms with Crippen LogP contribution in [0.4, 0.5) is 5.82 Å². The molecular weight excluding hydrogens is 128 g/mol. The van der Waals surface area contributed by atoms with Crippen LogP contribution in [0.3, 0.4) is 0 Å². The van der Waals surface area contributed by atoms with Gasteiger partial charge in [0.05, 0.1) is 6.61 Å². The zero-order valence-corrected chi connectivity index (χ0v) is 5.83. The molecule has 0 aliphatic rings. The maximum Gasteiger partial charge on any atom is 0.126 e. The van der Waals surface area contributed by atoms with Crippen molar-refractivity contribution in [2.75, 3.05) is 5.73 Å². The van der Waals surface area contributed by atoms with E-state index in [2.05, 4.69) is 4.98 Å². The first-order chi connectivity index (χ1) is 4.75. The highest BCUT2D eigenvalue weighted by Crippen LogP contribution is 2.11. The molecule has 0 saturated heterocycles. The standard InChI is InChI=1S/C7H10N2O/c1-5-6(4-10)2-3-9-7(5)8/h2-3,10H,4H2,1H3,(H2,8,9). The highest BCUT2D eigenvalue weighted by atomic mass is 16.3. The Hall–Kier alpha value is -1.09. The first-order valence-electron chi connectivity index (χ1n) is 3.06. The largest absolute Gasteiger partial charge is 0.392 e. The molecule has 1 rings (SSSR count). The van der Waals surface area contributed by atoms with Crippen molar-refractivity contribution < 1.29 is 5.11 Å². The lowest BCUT2D eigenvalue weighted by Gasteiger charge is -2.02. The van der Waals surface area contributed by atoms with E-state index in [1.54, 1.807) is 12.3 Å². The summed E-state index contributed by atoms with van der Waals surface area (Å²) in [5.74, 6) is 0.492. The van der Waals surface area contributed by atoms with Gasteiger partial charge in [-0.3, -0.25) is 0 Å². The van der Waals surface area contributed by atoms with Crippen LogP contribution >= 0.6 is 0 Å². The third-order valence-electron chi connectivity index (χ3n) is 1.53. The van der Waals surface area contributed by atoms with Gasteiger partial charge in [0.25, 0.3) is 0 Å². The first kappa shape index (κ1) is 7.02. The molecule has 1 heterocycles. The summed E-state index contributed by atoms with van der Waals surface area (Å²) in [7, 11) is 0. The normalized spacial score (nSPS) is 9.80. The monoisotopic (exact) mass is 138 g/mol. The summed E-state index contributed by atoms with van der Waals surface area (Å²) in [5, 5.41) is 8.76. The summed E-state index contributed by atoms with van der Waals surface area (Å²) in [4.78, 5) is 3.85. The second kappa shape index (κ2) is 2.66. The molecule has 54 valence electrons. The predicted molar refractivity (Wildman–Crippen MR) is 39.3 cm³/mol. The minimum atomic E-state index is 0.0263. The Balaban J connectivity index is 3.14. The number of aliphatic hydroxyl groups excluding tert-OH is 1. The van der Waals surface area contributed by atoms with E-state index in [-0.39, 0.29) is 6.61 Å². The smallest absolute Gasteiger partial charge is 0.126 e. The molecule has 0 bridgehead atoms. The molecule has 1 aromatic rings. The van der Waals surface area contributed by atoms with Crippen LogP contribution in [0, 0.1) is 6.92 Å². The van der Waals surface area contributed by atoms with Gasteiger partial charge in [-0.1, -0.05) is 0 Å². The number of nitrogens with zero attached hydrogens (tertiary/aromatic N) is 1. The molecule has 0 fully saturated rings. The van der Waals surface area contributed by atoms with Crippen LogP contribution in [0.5, 0.6) is 0 Å². The van der Waals surface area contributed by atoms with Gasteiger partial charge in [-0.2, -0.15) is 0 Å². The van der Waals surface area contributed by atoms with Gasteiger partial charge in [-0.15, -0.1) is 0 Å². The van der Waals surface area contributed by atoms with Crippen LogP contribution in [-0.2, 0) is 6.61 Å². The number of anilines is 1. The van der Waals surface area contributed by atoms with Crippen molar-refractivity contribution in [3.8, 4) is 0 Å². The fourth-order valence-electron chi connectivity index (χ4n) is 0.765. The number of aromatic nitrogens is 1. The number of nitrogen functional groups attached to an aromatic ring is 1. The summed E-state index contributed by atoms with van der Waals surface area (Å²) in [6.07, 6.45) is 1.59. The van der Waals surface area contributed by atoms with Gasteiger partial charge in [-0.25, -0.2) is 4.98 Å². The number of hydrogen-bond acceptors (Lipinski definition) is 3. The van der Waals surface area contributed by atoms with Gasteiger partial charge >= 0.3 is 0 Å². The topological polar surface area (TPSA) is 59.1 Å². The van der Waals surface area contributed by atoms with Crippen LogP contribution in [0.15, 0.2) is 12.3 Å². The Morgan fingerprint density at radius 3 is 2.90 bits per heavy atom. The molecule has 0 atom stereocenters. The van der Waals surface area contributed by atoms with Crippen LogP contribution in [0.1, 0.15) is 11.1 Å². The second-order valence-corrected chi connectivity index (χ2v) is 2.14. The van der Waals surface area contributed by atoms with Crippen molar-refractivity contribution in [2.24, 2.45) is 0 Å². The highest BCUT2D eigenvalue weighted by molar-refractivity contribution is 5.42. The lowest BCUT2D eigenvalue weighted by Crippen LogP contribution is -1.97. The third kappa shape index (κ3) is 1.09. The molecule has 0 saturated carbocycles. The summed E-state index contributed by atoms with van der Waals surface area (Å²) in [5.41, 5.74) is 7.18. The molecule has 0 amide bonds. The van der Waals surface area contributed by atoms with Gasteiger partial charge in [0.2, 0.25) is 0 Å². The van der Waals surface area contributed by atoms with E-state index in [0.717, 1.165) is 11.1 Å². The van der Waals surface area contributed by atoms with Gasteiger partial charge in [-0.05, 0) is 24.1 Å². The minimum absolute atomic E-state index is 0.0263. The zero-order valence-electron chi connectivity index (χ0n) is 5.83. The van der Waals surface area contributed by atoms with E-state index in [4.69, 9.17) is 10.8 Å². The third-order valence-corrected chi connectivity index (χ3v) is 1.53. The van der Waals surface area contributed by atoms with Crippen molar-refractivity contribution >= 4 is 5.82 Å². The average molecular weight is 138 g/mol. The number of pyridine rings is 1. The fraction of sp³-hybridized carbons (Fsp3) is 0.286. The molecule has 3 N–H and O–H groups in total. The molecule has 3 heteroatoms. The van der Waals surface area contributed by atoms with Crippen molar-refractivity contribution in [3.05, 3.63) is 23.4 Å². The quantitative estimate of drug-likeness (QED) is 0.592. The van der Waals surface area contributed by atoms with Crippen LogP contribution in [0.25, 0.3) is 0 Å². The van der Waals surface area contributed by atoms with Crippen molar-refractivity contribution in [3.63, 3.8) is 0 Å². The van der Waals surface area contributed by atoms with E-state index >= 15 is 0 Å². The number of rotatable bonds is 1. The molecule has 3 nitrogen and oxygen atoms in total. The molecule has 0 aliphatic heterocycles. The van der Waals surface area contributed by atoms with Crippen molar-refractivity contribution in [1.82, 2.24) is 4.98 Å². The summed E-state index contributed by atoms with van der Waals surface area (Å²) < 4.78 is 0. The van der Waals surface area contributed by atoms with E-state index in [0.29, 0.717) is 5.82 Å². The first-order valence-corrected chi connectivity index (χ1v) is 3.06. The van der Waals surface area contributed by atoms with Crippen LogP contribution < -0.4 is 5.73 Å². The highest BCUT2D eigenvalue weighted by Gasteiger charge is 1.98. The average Bonchev–Trinajstić information content (AvgIpc) is 1.95. The predicted octanol–water partition coefficient (Wildman–Crippen LogP) is 0.465. The summed E-state index contributed by atoms with van der Waals surface area (Å²) in [6, 6.07) is 1.76. The molecule has 0 radical (unpaired) electrons. The minimum Gasteiger partial charge on any atom is -0.392 e. The summed E-state index contributed by atoms with van der Waals surface area (Å²) >= 11 is 0. The Labute approximate surface area is 59.5 Å². The second-order valence-electron chi connectivity index (χ2n) is 2.14. The molecule has 0 aliphatic carbocycles.